The van der Waals surface area contributed by atoms with Gasteiger partial charge in [0.05, 0.1) is 24.1 Å². The van der Waals surface area contributed by atoms with Crippen LogP contribution in [0.1, 0.15) is 43.0 Å². The summed E-state index contributed by atoms with van der Waals surface area (Å²) in [6.45, 7) is 2.93. The van der Waals surface area contributed by atoms with E-state index in [9.17, 15) is 14.4 Å². The van der Waals surface area contributed by atoms with E-state index < -0.39 is 6.03 Å². The number of para-hydroxylation sites is 1. The number of nitrogens with zero attached hydrogens (tertiary/aromatic N) is 1. The molecule has 2 heterocycles. The van der Waals surface area contributed by atoms with Gasteiger partial charge in [-0.15, -0.1) is 0 Å². The third-order valence-electron chi connectivity index (χ3n) is 6.29. The molecule has 2 aliphatic rings. The van der Waals surface area contributed by atoms with Gasteiger partial charge < -0.3 is 30.3 Å². The number of likely N-dealkylation sites (N-methyl/N-ethyl adjacent to an activating group) is 1. The molecule has 0 radical (unpaired) electrons. The Labute approximate surface area is 205 Å². The average molecular weight is 481 g/mol. The maximum absolute atomic E-state index is 13.3. The van der Waals surface area contributed by atoms with Gasteiger partial charge in [0.1, 0.15) is 18.5 Å². The van der Waals surface area contributed by atoms with Crippen molar-refractivity contribution in [2.75, 3.05) is 30.8 Å². The van der Waals surface area contributed by atoms with Gasteiger partial charge in [-0.25, -0.2) is 4.79 Å². The van der Waals surface area contributed by atoms with E-state index in [1.165, 1.54) is 0 Å². The molecule has 4 rings (SSSR count). The quantitative estimate of drug-likeness (QED) is 0.585. The summed E-state index contributed by atoms with van der Waals surface area (Å²) >= 11 is 0. The van der Waals surface area contributed by atoms with Crippen molar-refractivity contribution in [3.05, 3.63) is 54.1 Å². The second-order valence-corrected chi connectivity index (χ2v) is 8.88. The smallest absolute Gasteiger partial charge is 0.323 e. The van der Waals surface area contributed by atoms with E-state index in [2.05, 4.69) is 16.0 Å². The topological polar surface area (TPSA) is 109 Å². The summed E-state index contributed by atoms with van der Waals surface area (Å²) in [4.78, 5) is 39.5. The van der Waals surface area contributed by atoms with E-state index >= 15 is 0 Å². The maximum Gasteiger partial charge on any atom is 0.323 e. The zero-order chi connectivity index (χ0) is 24.8. The number of rotatable bonds is 6. The van der Waals surface area contributed by atoms with Gasteiger partial charge >= 0.3 is 6.03 Å². The van der Waals surface area contributed by atoms with Gasteiger partial charge in [0.25, 0.3) is 5.91 Å². The number of urea groups is 1. The fraction of sp³-hybridized carbons (Fsp3) is 0.423. The zero-order valence-electron chi connectivity index (χ0n) is 20.1. The summed E-state index contributed by atoms with van der Waals surface area (Å²) in [5.41, 5.74) is 1.53. The van der Waals surface area contributed by atoms with E-state index in [1.807, 2.05) is 25.1 Å². The molecule has 0 aliphatic carbocycles. The van der Waals surface area contributed by atoms with Crippen LogP contribution >= 0.6 is 0 Å². The molecule has 186 valence electrons. The van der Waals surface area contributed by atoms with Crippen LogP contribution in [0.2, 0.25) is 0 Å². The van der Waals surface area contributed by atoms with Crippen LogP contribution in [0.15, 0.2) is 48.5 Å². The summed E-state index contributed by atoms with van der Waals surface area (Å²) in [6, 6.07) is 13.5. The SMILES string of the molecule is CCCNC(=O)C[C@@H]1CC[C@H]2[C@@H](COc3ccc(NC(=O)Nc4ccccc4)cc3C(=O)N2C)O1. The van der Waals surface area contributed by atoms with Crippen molar-refractivity contribution < 1.29 is 23.9 Å². The summed E-state index contributed by atoms with van der Waals surface area (Å²) in [5.74, 6) is 0.207. The van der Waals surface area contributed by atoms with Crippen molar-refractivity contribution in [1.29, 1.82) is 0 Å². The highest BCUT2D eigenvalue weighted by atomic mass is 16.5. The first-order valence-corrected chi connectivity index (χ1v) is 12.0. The lowest BCUT2D eigenvalue weighted by molar-refractivity contribution is -0.134. The van der Waals surface area contributed by atoms with Gasteiger partial charge in [0.15, 0.2) is 0 Å². The van der Waals surface area contributed by atoms with Gasteiger partial charge in [-0.1, -0.05) is 25.1 Å². The zero-order valence-corrected chi connectivity index (χ0v) is 20.1. The Morgan fingerprint density at radius 3 is 2.60 bits per heavy atom. The molecule has 9 nitrogen and oxygen atoms in total. The number of nitrogens with one attached hydrogen (secondary N) is 3. The Morgan fingerprint density at radius 2 is 1.83 bits per heavy atom. The number of fused-ring (bicyclic) bond motifs is 2. The van der Waals surface area contributed by atoms with Crippen molar-refractivity contribution >= 4 is 29.2 Å². The van der Waals surface area contributed by atoms with Crippen LogP contribution in [0.25, 0.3) is 0 Å². The molecule has 35 heavy (non-hydrogen) atoms. The molecule has 0 aromatic heterocycles. The number of carbonyl (C=O) groups is 3. The third-order valence-corrected chi connectivity index (χ3v) is 6.29. The van der Waals surface area contributed by atoms with Crippen molar-refractivity contribution in [1.82, 2.24) is 10.2 Å². The summed E-state index contributed by atoms with van der Waals surface area (Å²) in [6.07, 6.45) is 2.06. The predicted octanol–water partition coefficient (Wildman–Crippen LogP) is 3.63. The fourth-order valence-corrected chi connectivity index (χ4v) is 4.46. The second-order valence-electron chi connectivity index (χ2n) is 8.88. The molecule has 3 atom stereocenters. The molecule has 0 spiro atoms. The molecule has 0 saturated carbocycles. The lowest BCUT2D eigenvalue weighted by Crippen LogP contribution is -2.54. The van der Waals surface area contributed by atoms with Crippen LogP contribution in [0, 0.1) is 0 Å². The van der Waals surface area contributed by atoms with E-state index in [0.29, 0.717) is 42.1 Å². The van der Waals surface area contributed by atoms with Crippen molar-refractivity contribution in [2.24, 2.45) is 0 Å². The normalized spacial score (nSPS) is 21.5. The molecule has 3 N–H and O–H groups in total. The Bertz CT molecular complexity index is 1060. The predicted molar refractivity (Wildman–Crippen MR) is 133 cm³/mol. The molecular weight excluding hydrogens is 448 g/mol. The molecule has 2 aromatic carbocycles. The first kappa shape index (κ1) is 24.5. The molecule has 2 aromatic rings. The largest absolute Gasteiger partial charge is 0.490 e. The molecule has 0 unspecified atom stereocenters. The Morgan fingerprint density at radius 1 is 1.06 bits per heavy atom. The monoisotopic (exact) mass is 480 g/mol. The van der Waals surface area contributed by atoms with E-state index in [0.717, 1.165) is 12.8 Å². The fourth-order valence-electron chi connectivity index (χ4n) is 4.46. The molecule has 0 bridgehead atoms. The van der Waals surface area contributed by atoms with Crippen LogP contribution in [0.5, 0.6) is 5.75 Å². The number of anilines is 2. The van der Waals surface area contributed by atoms with Gasteiger partial charge in [0, 0.05) is 25.0 Å². The minimum atomic E-state index is -0.404. The number of amides is 4. The highest BCUT2D eigenvalue weighted by Crippen LogP contribution is 2.32. The van der Waals surface area contributed by atoms with Crippen LogP contribution in [-0.2, 0) is 9.53 Å². The molecule has 1 fully saturated rings. The van der Waals surface area contributed by atoms with Gasteiger partial charge in [-0.05, 0) is 49.6 Å². The Hall–Kier alpha value is -3.59. The van der Waals surface area contributed by atoms with Crippen LogP contribution in [0.3, 0.4) is 0 Å². The highest BCUT2D eigenvalue weighted by Gasteiger charge is 2.39. The average Bonchev–Trinajstić information content (AvgIpc) is 2.86. The van der Waals surface area contributed by atoms with Gasteiger partial charge in [0.2, 0.25) is 5.91 Å². The van der Waals surface area contributed by atoms with E-state index in [-0.39, 0.29) is 36.7 Å². The lowest BCUT2D eigenvalue weighted by atomic mass is 9.94. The van der Waals surface area contributed by atoms with Crippen molar-refractivity contribution in [3.63, 3.8) is 0 Å². The molecular formula is C26H32N4O5. The maximum atomic E-state index is 13.3. The van der Waals surface area contributed by atoms with E-state index in [1.54, 1.807) is 42.3 Å². The molecule has 1 saturated heterocycles. The molecule has 4 amide bonds. The first-order chi connectivity index (χ1) is 16.9. The number of hydrogen-bond donors (Lipinski definition) is 3. The minimum absolute atomic E-state index is 0.0202. The minimum Gasteiger partial charge on any atom is -0.490 e. The van der Waals surface area contributed by atoms with Crippen molar-refractivity contribution in [3.8, 4) is 5.75 Å². The van der Waals surface area contributed by atoms with Crippen LogP contribution < -0.4 is 20.7 Å². The van der Waals surface area contributed by atoms with Crippen LogP contribution in [0.4, 0.5) is 16.2 Å². The number of ether oxygens (including phenoxy) is 2. The van der Waals surface area contributed by atoms with Crippen LogP contribution in [-0.4, -0.2) is 61.2 Å². The highest BCUT2D eigenvalue weighted by molar-refractivity contribution is 6.02. The van der Waals surface area contributed by atoms with Gasteiger partial charge in [-0.2, -0.15) is 0 Å². The third kappa shape index (κ3) is 6.10. The van der Waals surface area contributed by atoms with E-state index in [4.69, 9.17) is 9.47 Å². The molecule has 9 heteroatoms. The first-order valence-electron chi connectivity index (χ1n) is 12.0. The van der Waals surface area contributed by atoms with Crippen molar-refractivity contribution in [2.45, 2.75) is 50.9 Å². The van der Waals surface area contributed by atoms with Gasteiger partial charge in [-0.3, -0.25) is 9.59 Å². The Balaban J connectivity index is 1.43. The molecule has 2 aliphatic heterocycles. The Kier molecular flexibility index (Phi) is 7.87. The standard InChI is InChI=1S/C26H32N4O5/c1-3-13-27-24(31)15-19-10-11-21-23(35-19)16-34-22-12-9-18(14-20(22)25(32)30(21)2)29-26(33)28-17-7-5-4-6-8-17/h4-9,12,14,19,21,23H,3,10-11,13,15-16H2,1-2H3,(H,27,31)(H2,28,29,33)/t19-,21-,23+/m0/s1. The second kappa shape index (κ2) is 11.2. The summed E-state index contributed by atoms with van der Waals surface area (Å²) < 4.78 is 12.2. The number of benzene rings is 2. The number of carbonyl (C=O) groups excluding carboxylic acids is 3. The summed E-state index contributed by atoms with van der Waals surface area (Å²) in [7, 11) is 1.76. The summed E-state index contributed by atoms with van der Waals surface area (Å²) in [5, 5.41) is 8.41. The number of hydrogen-bond acceptors (Lipinski definition) is 5. The lowest BCUT2D eigenvalue weighted by Gasteiger charge is -2.42.